The highest BCUT2D eigenvalue weighted by Gasteiger charge is 2.14. The van der Waals surface area contributed by atoms with Gasteiger partial charge >= 0.3 is 5.97 Å². The van der Waals surface area contributed by atoms with E-state index < -0.39 is 16.0 Å². The number of nitrogens with zero attached hydrogens (tertiary/aromatic N) is 1. The molecule has 0 atom stereocenters. The molecule has 8 heteroatoms. The van der Waals surface area contributed by atoms with Crippen molar-refractivity contribution in [2.75, 3.05) is 0 Å². The highest BCUT2D eigenvalue weighted by atomic mass is 32.2. The molecule has 1 heterocycles. The van der Waals surface area contributed by atoms with Gasteiger partial charge in [-0.1, -0.05) is 12.1 Å². The van der Waals surface area contributed by atoms with Gasteiger partial charge < -0.3 is 10.1 Å². The molecule has 0 saturated heterocycles. The van der Waals surface area contributed by atoms with E-state index in [-0.39, 0.29) is 11.4 Å². The van der Waals surface area contributed by atoms with Crippen molar-refractivity contribution in [3.63, 3.8) is 0 Å². The number of rotatable bonds is 6. The second kappa shape index (κ2) is 6.33. The number of nitrogens with one attached hydrogen (secondary N) is 2. The van der Waals surface area contributed by atoms with Gasteiger partial charge in [0.05, 0.1) is 17.8 Å². The SMILES string of the molecule is O=C(O)C=Cc1cccc(S(=O)(=O)NCc2cnc[nH]2)c1. The van der Waals surface area contributed by atoms with Crippen LogP contribution in [0.25, 0.3) is 6.08 Å². The molecular formula is C13H13N3O4S. The summed E-state index contributed by atoms with van der Waals surface area (Å²) in [6, 6.07) is 6.00. The first-order valence-electron chi connectivity index (χ1n) is 5.95. The number of benzene rings is 1. The summed E-state index contributed by atoms with van der Waals surface area (Å²) in [4.78, 5) is 17.1. The molecule has 0 fully saturated rings. The Morgan fingerprint density at radius 3 is 2.90 bits per heavy atom. The second-order valence-corrected chi connectivity index (χ2v) is 5.91. The van der Waals surface area contributed by atoms with Gasteiger partial charge in [0.25, 0.3) is 0 Å². The number of carbonyl (C=O) groups is 1. The van der Waals surface area contributed by atoms with Crippen LogP contribution in [0.15, 0.2) is 47.8 Å². The van der Waals surface area contributed by atoms with Crippen LogP contribution in [0.3, 0.4) is 0 Å². The van der Waals surface area contributed by atoms with E-state index in [2.05, 4.69) is 14.7 Å². The number of carboxylic acid groups (broad SMARTS) is 1. The highest BCUT2D eigenvalue weighted by molar-refractivity contribution is 7.89. The fourth-order valence-electron chi connectivity index (χ4n) is 1.59. The van der Waals surface area contributed by atoms with Gasteiger partial charge in [0.15, 0.2) is 0 Å². The molecule has 0 aliphatic heterocycles. The van der Waals surface area contributed by atoms with E-state index in [9.17, 15) is 13.2 Å². The average Bonchev–Trinajstić information content (AvgIpc) is 2.97. The molecule has 0 aliphatic carbocycles. The Labute approximate surface area is 121 Å². The van der Waals surface area contributed by atoms with Crippen LogP contribution >= 0.6 is 0 Å². The molecule has 0 bridgehead atoms. The first-order chi connectivity index (χ1) is 9.97. The molecule has 0 aliphatic rings. The van der Waals surface area contributed by atoms with Crippen LogP contribution in [-0.2, 0) is 21.4 Å². The van der Waals surface area contributed by atoms with Crippen LogP contribution in [-0.4, -0.2) is 29.5 Å². The summed E-state index contributed by atoms with van der Waals surface area (Å²) in [5, 5.41) is 8.57. The molecule has 1 aromatic carbocycles. The Hall–Kier alpha value is -2.45. The number of hydrogen-bond acceptors (Lipinski definition) is 4. The van der Waals surface area contributed by atoms with Gasteiger partial charge in [-0.15, -0.1) is 0 Å². The number of imidazole rings is 1. The van der Waals surface area contributed by atoms with Crippen LogP contribution < -0.4 is 4.72 Å². The average molecular weight is 307 g/mol. The fraction of sp³-hybridized carbons (Fsp3) is 0.0769. The van der Waals surface area contributed by atoms with E-state index in [1.807, 2.05) is 0 Å². The maximum absolute atomic E-state index is 12.1. The summed E-state index contributed by atoms with van der Waals surface area (Å²) in [6.45, 7) is 0.0948. The quantitative estimate of drug-likeness (QED) is 0.689. The summed E-state index contributed by atoms with van der Waals surface area (Å²) in [5.74, 6) is -1.10. The monoisotopic (exact) mass is 307 g/mol. The van der Waals surface area contributed by atoms with E-state index in [0.29, 0.717) is 11.3 Å². The van der Waals surface area contributed by atoms with E-state index in [1.54, 1.807) is 12.1 Å². The first-order valence-corrected chi connectivity index (χ1v) is 7.44. The molecule has 2 rings (SSSR count). The van der Waals surface area contributed by atoms with Crippen molar-refractivity contribution in [2.45, 2.75) is 11.4 Å². The zero-order chi connectivity index (χ0) is 15.3. The minimum absolute atomic E-state index is 0.0644. The number of aromatic amines is 1. The Balaban J connectivity index is 2.16. The largest absolute Gasteiger partial charge is 0.478 e. The number of carboxylic acids is 1. The lowest BCUT2D eigenvalue weighted by molar-refractivity contribution is -0.131. The molecular weight excluding hydrogens is 294 g/mol. The summed E-state index contributed by atoms with van der Waals surface area (Å²) < 4.78 is 26.7. The smallest absolute Gasteiger partial charge is 0.328 e. The lowest BCUT2D eigenvalue weighted by Crippen LogP contribution is -2.23. The third-order valence-corrected chi connectivity index (χ3v) is 3.99. The zero-order valence-electron chi connectivity index (χ0n) is 10.9. The molecule has 21 heavy (non-hydrogen) atoms. The van der Waals surface area contributed by atoms with Crippen LogP contribution in [0.5, 0.6) is 0 Å². The maximum atomic E-state index is 12.1. The van der Waals surface area contributed by atoms with Crippen LogP contribution in [0.4, 0.5) is 0 Å². The number of H-pyrrole nitrogens is 1. The molecule has 110 valence electrons. The van der Waals surface area contributed by atoms with Crippen molar-refractivity contribution >= 4 is 22.1 Å². The lowest BCUT2D eigenvalue weighted by atomic mass is 10.2. The summed E-state index contributed by atoms with van der Waals surface area (Å²) in [5.41, 5.74) is 1.13. The number of aromatic nitrogens is 2. The van der Waals surface area contributed by atoms with E-state index in [1.165, 1.54) is 30.7 Å². The van der Waals surface area contributed by atoms with Crippen molar-refractivity contribution < 1.29 is 18.3 Å². The van der Waals surface area contributed by atoms with Gasteiger partial charge in [0.2, 0.25) is 10.0 Å². The predicted molar refractivity (Wildman–Crippen MR) is 75.7 cm³/mol. The van der Waals surface area contributed by atoms with Crippen LogP contribution in [0, 0.1) is 0 Å². The summed E-state index contributed by atoms with van der Waals surface area (Å²) >= 11 is 0. The van der Waals surface area contributed by atoms with Gasteiger partial charge in [-0.2, -0.15) is 0 Å². The van der Waals surface area contributed by atoms with Gasteiger partial charge in [-0.25, -0.2) is 22.9 Å². The Morgan fingerprint density at radius 1 is 1.43 bits per heavy atom. The highest BCUT2D eigenvalue weighted by Crippen LogP contribution is 2.13. The van der Waals surface area contributed by atoms with Gasteiger partial charge in [-0.05, 0) is 23.8 Å². The fourth-order valence-corrected chi connectivity index (χ4v) is 2.65. The normalized spacial score (nSPS) is 11.8. The van der Waals surface area contributed by atoms with Crippen molar-refractivity contribution in [1.29, 1.82) is 0 Å². The zero-order valence-corrected chi connectivity index (χ0v) is 11.7. The minimum atomic E-state index is -3.68. The van der Waals surface area contributed by atoms with Crippen molar-refractivity contribution in [2.24, 2.45) is 0 Å². The van der Waals surface area contributed by atoms with E-state index >= 15 is 0 Å². The number of aliphatic carboxylic acids is 1. The van der Waals surface area contributed by atoms with Crippen LogP contribution in [0.1, 0.15) is 11.3 Å². The van der Waals surface area contributed by atoms with Crippen LogP contribution in [0.2, 0.25) is 0 Å². The third-order valence-electron chi connectivity index (χ3n) is 2.59. The molecule has 7 nitrogen and oxygen atoms in total. The van der Waals surface area contributed by atoms with Crippen molar-refractivity contribution in [3.05, 3.63) is 54.1 Å². The Kier molecular flexibility index (Phi) is 4.51. The number of hydrogen-bond donors (Lipinski definition) is 3. The molecule has 3 N–H and O–H groups in total. The predicted octanol–water partition coefficient (Wildman–Crippen LogP) is 0.986. The molecule has 0 amide bonds. The van der Waals surface area contributed by atoms with E-state index in [4.69, 9.17) is 5.11 Å². The number of sulfonamides is 1. The summed E-state index contributed by atoms with van der Waals surface area (Å²) in [6.07, 6.45) is 5.26. The van der Waals surface area contributed by atoms with Gasteiger partial charge in [-0.3, -0.25) is 0 Å². The van der Waals surface area contributed by atoms with Crippen molar-refractivity contribution in [3.8, 4) is 0 Å². The minimum Gasteiger partial charge on any atom is -0.478 e. The molecule has 0 spiro atoms. The third kappa shape index (κ3) is 4.26. The standard InChI is InChI=1S/C13H13N3O4S/c17-13(18)5-4-10-2-1-3-12(6-10)21(19,20)16-8-11-7-14-9-15-11/h1-7,9,16H,8H2,(H,14,15)(H,17,18). The molecule has 0 unspecified atom stereocenters. The summed E-state index contributed by atoms with van der Waals surface area (Å²) in [7, 11) is -3.68. The van der Waals surface area contributed by atoms with E-state index in [0.717, 1.165) is 6.08 Å². The Bertz CT molecular complexity index is 751. The Morgan fingerprint density at radius 2 is 2.24 bits per heavy atom. The lowest BCUT2D eigenvalue weighted by Gasteiger charge is -2.06. The van der Waals surface area contributed by atoms with Gasteiger partial charge in [0, 0.05) is 18.0 Å². The molecule has 2 aromatic rings. The molecule has 1 aromatic heterocycles. The van der Waals surface area contributed by atoms with Gasteiger partial charge in [0.1, 0.15) is 0 Å². The molecule has 0 radical (unpaired) electrons. The first kappa shape index (κ1) is 14.9. The second-order valence-electron chi connectivity index (χ2n) is 4.15. The molecule has 0 saturated carbocycles. The van der Waals surface area contributed by atoms with Crippen molar-refractivity contribution in [1.82, 2.24) is 14.7 Å². The maximum Gasteiger partial charge on any atom is 0.328 e. The topological polar surface area (TPSA) is 112 Å².